The van der Waals surface area contributed by atoms with Crippen molar-refractivity contribution in [2.75, 3.05) is 11.9 Å². The molecule has 2 rings (SSSR count). The van der Waals surface area contributed by atoms with E-state index in [1.807, 2.05) is 0 Å². The van der Waals surface area contributed by atoms with Crippen molar-refractivity contribution in [3.63, 3.8) is 0 Å². The van der Waals surface area contributed by atoms with Crippen LogP contribution in [0.1, 0.15) is 5.56 Å². The molecule has 1 N–H and O–H groups in total. The van der Waals surface area contributed by atoms with Gasteiger partial charge >= 0.3 is 0 Å². The lowest BCUT2D eigenvalue weighted by molar-refractivity contribution is -0.118. The Morgan fingerprint density at radius 2 is 1.90 bits per heavy atom. The van der Waals surface area contributed by atoms with Crippen molar-refractivity contribution in [1.82, 2.24) is 0 Å². The second-order valence-electron chi connectivity index (χ2n) is 4.25. The van der Waals surface area contributed by atoms with Gasteiger partial charge in [0.05, 0.1) is 5.69 Å². The summed E-state index contributed by atoms with van der Waals surface area (Å²) in [4.78, 5) is 11.6. The van der Waals surface area contributed by atoms with Gasteiger partial charge in [0, 0.05) is 0 Å². The summed E-state index contributed by atoms with van der Waals surface area (Å²) in [5.41, 5.74) is 0.892. The highest BCUT2D eigenvalue weighted by Gasteiger charge is 2.09. The maximum atomic E-state index is 13.4. The van der Waals surface area contributed by atoms with E-state index in [0.717, 1.165) is 5.56 Å². The van der Waals surface area contributed by atoms with Crippen LogP contribution in [0, 0.1) is 18.6 Å². The Bertz CT molecular complexity index is 629. The van der Waals surface area contributed by atoms with Crippen molar-refractivity contribution >= 4 is 11.6 Å². The molecule has 0 aromatic heterocycles. The summed E-state index contributed by atoms with van der Waals surface area (Å²) in [6.07, 6.45) is 0. The molecule has 0 atom stereocenters. The number of nitrogens with one attached hydrogen (secondary N) is 1. The van der Waals surface area contributed by atoms with Crippen LogP contribution in [0.3, 0.4) is 0 Å². The van der Waals surface area contributed by atoms with Gasteiger partial charge in [-0.25, -0.2) is 8.78 Å². The van der Waals surface area contributed by atoms with Crippen LogP contribution in [0.4, 0.5) is 14.5 Å². The third kappa shape index (κ3) is 3.54. The van der Waals surface area contributed by atoms with Crippen LogP contribution in [0.2, 0.25) is 0 Å². The molecule has 0 bridgehead atoms. The highest BCUT2D eigenvalue weighted by molar-refractivity contribution is 5.92. The third-order valence-corrected chi connectivity index (χ3v) is 2.59. The number of amides is 1. The molecular weight excluding hydrogens is 264 g/mol. The van der Waals surface area contributed by atoms with Crippen molar-refractivity contribution in [3.05, 3.63) is 59.7 Å². The lowest BCUT2D eigenvalue weighted by atomic mass is 10.2. The predicted molar refractivity (Wildman–Crippen MR) is 71.7 cm³/mol. The van der Waals surface area contributed by atoms with Crippen LogP contribution >= 0.6 is 0 Å². The zero-order valence-electron chi connectivity index (χ0n) is 10.8. The first-order chi connectivity index (χ1) is 9.56. The van der Waals surface area contributed by atoms with Crippen LogP contribution in [0.15, 0.2) is 42.5 Å². The van der Waals surface area contributed by atoms with Crippen LogP contribution in [0.25, 0.3) is 0 Å². The SMILES string of the molecule is Cc1ccc(F)c(NC(=O)COc2ccccc2F)c1. The number of anilines is 1. The minimum Gasteiger partial charge on any atom is -0.481 e. The number of rotatable bonds is 4. The number of carbonyl (C=O) groups excluding carboxylic acids is 1. The molecule has 0 spiro atoms. The molecule has 20 heavy (non-hydrogen) atoms. The molecule has 2 aromatic carbocycles. The summed E-state index contributed by atoms with van der Waals surface area (Å²) in [6, 6.07) is 10.1. The normalized spacial score (nSPS) is 10.2. The molecule has 1 amide bonds. The van der Waals surface area contributed by atoms with E-state index in [1.54, 1.807) is 19.1 Å². The summed E-state index contributed by atoms with van der Waals surface area (Å²) in [7, 11) is 0. The Morgan fingerprint density at radius 3 is 2.65 bits per heavy atom. The number of para-hydroxylation sites is 1. The van der Waals surface area contributed by atoms with Crippen LogP contribution in [0.5, 0.6) is 5.75 Å². The van der Waals surface area contributed by atoms with Gasteiger partial charge < -0.3 is 10.1 Å². The van der Waals surface area contributed by atoms with E-state index in [4.69, 9.17) is 4.74 Å². The predicted octanol–water partition coefficient (Wildman–Crippen LogP) is 3.29. The average Bonchev–Trinajstić information content (AvgIpc) is 2.42. The van der Waals surface area contributed by atoms with E-state index in [0.29, 0.717) is 0 Å². The largest absolute Gasteiger partial charge is 0.481 e. The average molecular weight is 277 g/mol. The van der Waals surface area contributed by atoms with Gasteiger partial charge in [0.15, 0.2) is 18.2 Å². The fourth-order valence-corrected chi connectivity index (χ4v) is 1.63. The Morgan fingerprint density at radius 1 is 1.15 bits per heavy atom. The lowest BCUT2D eigenvalue weighted by Crippen LogP contribution is -2.21. The number of carbonyl (C=O) groups is 1. The zero-order valence-corrected chi connectivity index (χ0v) is 10.8. The molecular formula is C15H13F2NO2. The second kappa shape index (κ2) is 6.14. The summed E-state index contributed by atoms with van der Waals surface area (Å²) >= 11 is 0. The maximum absolute atomic E-state index is 13.4. The first-order valence-corrected chi connectivity index (χ1v) is 5.99. The minimum absolute atomic E-state index is 0.0210. The van der Waals surface area contributed by atoms with Gasteiger partial charge in [-0.15, -0.1) is 0 Å². The van der Waals surface area contributed by atoms with E-state index in [9.17, 15) is 13.6 Å². The van der Waals surface area contributed by atoms with Crippen molar-refractivity contribution in [1.29, 1.82) is 0 Å². The summed E-state index contributed by atoms with van der Waals surface area (Å²) in [5, 5.41) is 2.38. The standard InChI is InChI=1S/C15H13F2NO2/c1-10-6-7-11(16)13(8-10)18-15(19)9-20-14-5-3-2-4-12(14)17/h2-8H,9H2,1H3,(H,18,19). The third-order valence-electron chi connectivity index (χ3n) is 2.59. The number of hydrogen-bond donors (Lipinski definition) is 1. The number of ether oxygens (including phenoxy) is 1. The summed E-state index contributed by atoms with van der Waals surface area (Å²) in [5.74, 6) is -1.66. The van der Waals surface area contributed by atoms with Gasteiger partial charge in [-0.05, 0) is 36.8 Å². The molecule has 0 saturated carbocycles. The quantitative estimate of drug-likeness (QED) is 0.931. The number of halogens is 2. The number of hydrogen-bond acceptors (Lipinski definition) is 2. The van der Waals surface area contributed by atoms with Crippen LogP contribution in [-0.2, 0) is 4.79 Å². The molecule has 0 fully saturated rings. The van der Waals surface area contributed by atoms with E-state index < -0.39 is 24.1 Å². The molecule has 0 unspecified atom stereocenters. The topological polar surface area (TPSA) is 38.3 Å². The molecule has 0 heterocycles. The van der Waals surface area contributed by atoms with Gasteiger partial charge in [-0.2, -0.15) is 0 Å². The van der Waals surface area contributed by atoms with Gasteiger partial charge in [0.2, 0.25) is 0 Å². The Hall–Kier alpha value is -2.43. The van der Waals surface area contributed by atoms with E-state index >= 15 is 0 Å². The zero-order chi connectivity index (χ0) is 14.5. The fourth-order valence-electron chi connectivity index (χ4n) is 1.63. The van der Waals surface area contributed by atoms with Crippen molar-refractivity contribution in [3.8, 4) is 5.75 Å². The maximum Gasteiger partial charge on any atom is 0.262 e. The lowest BCUT2D eigenvalue weighted by Gasteiger charge is -2.09. The van der Waals surface area contributed by atoms with Crippen LogP contribution in [-0.4, -0.2) is 12.5 Å². The van der Waals surface area contributed by atoms with Gasteiger partial charge in [-0.3, -0.25) is 4.79 Å². The van der Waals surface area contributed by atoms with Crippen molar-refractivity contribution < 1.29 is 18.3 Å². The van der Waals surface area contributed by atoms with Gasteiger partial charge in [0.1, 0.15) is 5.82 Å². The molecule has 0 saturated heterocycles. The minimum atomic E-state index is -0.558. The summed E-state index contributed by atoms with van der Waals surface area (Å²) < 4.78 is 31.7. The monoisotopic (exact) mass is 277 g/mol. The smallest absolute Gasteiger partial charge is 0.262 e. The van der Waals surface area contributed by atoms with E-state index in [-0.39, 0.29) is 11.4 Å². The molecule has 3 nitrogen and oxygen atoms in total. The Balaban J connectivity index is 1.96. The number of aryl methyl sites for hydroxylation is 1. The van der Waals surface area contributed by atoms with Crippen molar-refractivity contribution in [2.24, 2.45) is 0 Å². The first kappa shape index (κ1) is 14.0. The molecule has 0 aliphatic heterocycles. The number of benzene rings is 2. The van der Waals surface area contributed by atoms with Gasteiger partial charge in [-0.1, -0.05) is 18.2 Å². The fraction of sp³-hybridized carbons (Fsp3) is 0.133. The highest BCUT2D eigenvalue weighted by atomic mass is 19.1. The van der Waals surface area contributed by atoms with E-state index in [2.05, 4.69) is 5.32 Å². The van der Waals surface area contributed by atoms with Crippen molar-refractivity contribution in [2.45, 2.75) is 6.92 Å². The second-order valence-corrected chi connectivity index (χ2v) is 4.25. The van der Waals surface area contributed by atoms with Gasteiger partial charge in [0.25, 0.3) is 5.91 Å². The molecule has 0 aliphatic carbocycles. The highest BCUT2D eigenvalue weighted by Crippen LogP contribution is 2.17. The first-order valence-electron chi connectivity index (χ1n) is 5.99. The molecule has 0 aliphatic rings. The Kier molecular flexibility index (Phi) is 4.30. The molecule has 2 aromatic rings. The van der Waals surface area contributed by atoms with Crippen LogP contribution < -0.4 is 10.1 Å². The molecule has 104 valence electrons. The molecule has 0 radical (unpaired) electrons. The Labute approximate surface area is 115 Å². The molecule has 5 heteroatoms. The summed E-state index contributed by atoms with van der Waals surface area (Å²) in [6.45, 7) is 1.39. The van der Waals surface area contributed by atoms with E-state index in [1.165, 1.54) is 30.3 Å².